The van der Waals surface area contributed by atoms with E-state index in [9.17, 15) is 44.1 Å². The number of nitrogens with zero attached hydrogens (tertiary/aromatic N) is 8. The number of amides is 6. The Morgan fingerprint density at radius 2 is 0.791 bits per heavy atom. The van der Waals surface area contributed by atoms with E-state index in [0.717, 1.165) is 0 Å². The van der Waals surface area contributed by atoms with Crippen molar-refractivity contribution in [1.29, 1.82) is 0 Å². The fraction of sp³-hybridized carbons (Fsp3) is 0.893. The zero-order valence-corrected chi connectivity index (χ0v) is 54.8. The van der Waals surface area contributed by atoms with E-state index in [1.54, 1.807) is 0 Å². The number of β-amino-alcohol motifs (C(OH)–C–C–N with tert-alkyl or cyclic N) is 1. The normalized spacial score (nSPS) is 15.6. The van der Waals surface area contributed by atoms with E-state index in [4.69, 9.17) is 65.8 Å². The molecule has 3 unspecified atom stereocenters. The van der Waals surface area contributed by atoms with Gasteiger partial charge in [0, 0.05) is 208 Å². The van der Waals surface area contributed by atoms with Crippen LogP contribution in [0.4, 0.5) is 0 Å². The van der Waals surface area contributed by atoms with Crippen LogP contribution in [0, 0.1) is 5.41 Å². The maximum absolute atomic E-state index is 13.4. The molecule has 27 N–H and O–H groups in total. The molecule has 1 aliphatic heterocycles. The van der Waals surface area contributed by atoms with E-state index in [0.29, 0.717) is 190 Å². The number of hydrogen-bond donors (Lipinski definition) is 18. The summed E-state index contributed by atoms with van der Waals surface area (Å²) in [5.41, 5.74) is 50.9. The number of hydrogen-bond acceptors (Lipinski definition) is 29. The number of nitrogens with one attached hydrogen (secondary N) is 6. The van der Waals surface area contributed by atoms with Gasteiger partial charge in [-0.15, -0.1) is 0 Å². The standard InChI is InChI=1S/C56H123N23O12/c1-2-56(45-91-42-49(82)33-79-38-54(87)70-16-30-76(25-11-65)46-71-55(88)39-79,43-89-40-47(80)31-77(34-50(83)66-12-26-72(17-3-57)18-4-58)35-51(84)67-13-27-73(19-5-59)20-6-60)44-90-41-48(81)32-78(36-52(85)68-14-28-74(21-7-61)22-8-62)37-53(86)69-15-29-75(23-9-63)24-10-64/h47-49,80-82H,2-46,57-65H2,1H3,(H,66,83)(H,67,84)(H,68,85)(H,69,86)(H,70,87)(H,71,88). The van der Waals surface area contributed by atoms with Crippen LogP contribution in [0.2, 0.25) is 0 Å². The first-order valence-electron chi connectivity index (χ1n) is 32.3. The van der Waals surface area contributed by atoms with Gasteiger partial charge in [0.2, 0.25) is 35.4 Å². The molecule has 35 heteroatoms. The number of carbonyl (C=O) groups is 6. The second-order valence-electron chi connectivity index (χ2n) is 23.0. The third-order valence-electron chi connectivity index (χ3n) is 14.8. The highest BCUT2D eigenvalue weighted by atomic mass is 16.5. The lowest BCUT2D eigenvalue weighted by Crippen LogP contribution is -2.49. The van der Waals surface area contributed by atoms with Crippen LogP contribution in [0.3, 0.4) is 0 Å². The molecule has 0 saturated carbocycles. The molecule has 0 aliphatic carbocycles. The predicted molar refractivity (Wildman–Crippen MR) is 349 cm³/mol. The fourth-order valence-electron chi connectivity index (χ4n) is 10.0. The van der Waals surface area contributed by atoms with Crippen LogP contribution in [0.5, 0.6) is 0 Å². The Labute approximate surface area is 540 Å². The summed E-state index contributed by atoms with van der Waals surface area (Å²) in [6.07, 6.45) is -3.24. The molecule has 1 saturated heterocycles. The van der Waals surface area contributed by atoms with Gasteiger partial charge in [-0.3, -0.25) is 68.0 Å². The molecule has 1 aliphatic rings. The molecule has 1 heterocycles. The second-order valence-corrected chi connectivity index (χ2v) is 23.0. The smallest absolute Gasteiger partial charge is 0.235 e. The molecule has 534 valence electrons. The van der Waals surface area contributed by atoms with Crippen LogP contribution in [0.15, 0.2) is 0 Å². The van der Waals surface area contributed by atoms with Gasteiger partial charge in [-0.2, -0.15) is 0 Å². The van der Waals surface area contributed by atoms with Crippen molar-refractivity contribution < 1.29 is 58.3 Å². The maximum Gasteiger partial charge on any atom is 0.235 e. The molecule has 0 spiro atoms. The van der Waals surface area contributed by atoms with Gasteiger partial charge in [0.1, 0.15) is 0 Å². The molecular weight excluding hydrogens is 1190 g/mol. The summed E-state index contributed by atoms with van der Waals surface area (Å²) < 4.78 is 18.6. The van der Waals surface area contributed by atoms with E-state index < -0.39 is 23.7 Å². The fourth-order valence-corrected chi connectivity index (χ4v) is 10.0. The highest BCUT2D eigenvalue weighted by molar-refractivity contribution is 5.82. The van der Waals surface area contributed by atoms with E-state index in [1.807, 2.05) is 31.4 Å². The molecule has 0 aromatic rings. The maximum atomic E-state index is 13.4. The average Bonchev–Trinajstić information content (AvgIpc) is 3.73. The Kier molecular flexibility index (Phi) is 50.6. The summed E-state index contributed by atoms with van der Waals surface area (Å²) in [4.78, 5) is 94.0. The summed E-state index contributed by atoms with van der Waals surface area (Å²) in [6, 6.07) is 0. The van der Waals surface area contributed by atoms with Gasteiger partial charge in [0.05, 0.1) is 104 Å². The molecule has 0 aromatic heterocycles. The van der Waals surface area contributed by atoms with Crippen LogP contribution in [-0.4, -0.2) is 397 Å². The first kappa shape index (κ1) is 84.9. The lowest BCUT2D eigenvalue weighted by atomic mass is 9.88. The number of nitrogens with two attached hydrogens (primary N) is 9. The van der Waals surface area contributed by atoms with Crippen molar-refractivity contribution in [2.24, 2.45) is 57.0 Å². The summed E-state index contributed by atoms with van der Waals surface area (Å²) in [5.74, 6) is -2.18. The van der Waals surface area contributed by atoms with Crippen molar-refractivity contribution in [1.82, 2.24) is 71.1 Å². The van der Waals surface area contributed by atoms with Crippen molar-refractivity contribution in [3.8, 4) is 0 Å². The predicted octanol–water partition coefficient (Wildman–Crippen LogP) is -12.8. The van der Waals surface area contributed by atoms with Crippen LogP contribution in [0.25, 0.3) is 0 Å². The van der Waals surface area contributed by atoms with Gasteiger partial charge in [0.25, 0.3) is 0 Å². The Hall–Kier alpha value is -4.10. The Bertz CT molecular complexity index is 1720. The van der Waals surface area contributed by atoms with Crippen LogP contribution in [-0.2, 0) is 43.0 Å². The second kappa shape index (κ2) is 54.2. The molecule has 1 fully saturated rings. The summed E-state index contributed by atoms with van der Waals surface area (Å²) in [6.45, 7) is 12.5. The van der Waals surface area contributed by atoms with Gasteiger partial charge in [-0.25, -0.2) is 0 Å². The molecule has 35 nitrogen and oxygen atoms in total. The molecule has 3 atom stereocenters. The molecule has 0 aromatic carbocycles. The molecular formula is C56H123N23O12. The van der Waals surface area contributed by atoms with Gasteiger partial charge in [-0.05, 0) is 6.42 Å². The zero-order valence-electron chi connectivity index (χ0n) is 54.8. The number of aliphatic hydroxyl groups is 3. The van der Waals surface area contributed by atoms with Crippen molar-refractivity contribution >= 4 is 35.4 Å². The highest BCUT2D eigenvalue weighted by Crippen LogP contribution is 2.25. The average molecular weight is 1310 g/mol. The third kappa shape index (κ3) is 43.5. The zero-order chi connectivity index (χ0) is 67.5. The third-order valence-corrected chi connectivity index (χ3v) is 14.8. The van der Waals surface area contributed by atoms with Gasteiger partial charge in [0.15, 0.2) is 0 Å². The number of rotatable bonds is 57. The molecule has 91 heavy (non-hydrogen) atoms. The van der Waals surface area contributed by atoms with Gasteiger partial charge < -0.3 is 113 Å². The van der Waals surface area contributed by atoms with Crippen LogP contribution in [0.1, 0.15) is 13.3 Å². The molecule has 1 rings (SSSR count). The lowest BCUT2D eigenvalue weighted by molar-refractivity contribution is -0.127. The highest BCUT2D eigenvalue weighted by Gasteiger charge is 2.32. The van der Waals surface area contributed by atoms with E-state index in [2.05, 4.69) is 31.9 Å². The molecule has 0 radical (unpaired) electrons. The lowest BCUT2D eigenvalue weighted by Gasteiger charge is -2.34. The van der Waals surface area contributed by atoms with Crippen LogP contribution >= 0.6 is 0 Å². The topological polar surface area (TPSA) is 523 Å². The summed E-state index contributed by atoms with van der Waals surface area (Å²) >= 11 is 0. The molecule has 0 bridgehead atoms. The minimum atomic E-state index is -1.21. The number of carbonyl (C=O) groups excluding carboxylic acids is 6. The Morgan fingerprint density at radius 1 is 0.473 bits per heavy atom. The first-order chi connectivity index (χ1) is 43.8. The number of ether oxygens (including phenoxy) is 3. The largest absolute Gasteiger partial charge is 0.389 e. The van der Waals surface area contributed by atoms with E-state index in [1.165, 1.54) is 14.7 Å². The summed E-state index contributed by atoms with van der Waals surface area (Å²) in [7, 11) is 0. The monoisotopic (exact) mass is 1310 g/mol. The summed E-state index contributed by atoms with van der Waals surface area (Å²) in [5, 5.41) is 51.6. The Morgan fingerprint density at radius 3 is 1.10 bits per heavy atom. The van der Waals surface area contributed by atoms with Crippen molar-refractivity contribution in [3.05, 3.63) is 0 Å². The SMILES string of the molecule is CCC(COCC(O)CN(CC(=O)NCCN(CCN)CCN)CC(=O)NCCN(CCN)CCN)(COCC(O)CN(CC(=O)NCCN(CCN)CCN)CC(=O)NCCN(CCN)CCN)COCC(O)CN1CC(=O)NCCN(CCN)CNC(=O)C1. The quantitative estimate of drug-likeness (QED) is 0.0269. The Balaban J connectivity index is 3.41. The van der Waals surface area contributed by atoms with Crippen LogP contribution < -0.4 is 83.5 Å². The van der Waals surface area contributed by atoms with Crippen molar-refractivity contribution in [2.45, 2.75) is 31.7 Å². The molecule has 6 amide bonds. The first-order valence-corrected chi connectivity index (χ1v) is 32.3. The minimum Gasteiger partial charge on any atom is -0.389 e. The van der Waals surface area contributed by atoms with Gasteiger partial charge in [-0.1, -0.05) is 6.92 Å². The van der Waals surface area contributed by atoms with Crippen molar-refractivity contribution in [3.63, 3.8) is 0 Å². The minimum absolute atomic E-state index is 0.0758. The van der Waals surface area contributed by atoms with Crippen molar-refractivity contribution in [2.75, 3.05) is 288 Å². The van der Waals surface area contributed by atoms with Gasteiger partial charge >= 0.3 is 0 Å². The number of aliphatic hydroxyl groups excluding tert-OH is 3. The van der Waals surface area contributed by atoms with E-state index in [-0.39, 0.29) is 141 Å². The van der Waals surface area contributed by atoms with E-state index >= 15 is 0 Å².